The molecule has 0 aliphatic heterocycles. The number of hydrogen-bond donors (Lipinski definition) is 1. The molecule has 1 aromatic rings. The number of hydrogen-bond acceptors (Lipinski definition) is 6. The molecule has 7 heteroatoms. The van der Waals surface area contributed by atoms with Gasteiger partial charge in [-0.3, -0.25) is 14.9 Å². The van der Waals surface area contributed by atoms with Crippen LogP contribution < -0.4 is 0 Å². The third kappa shape index (κ3) is 3.26. The lowest BCUT2D eigenvalue weighted by Gasteiger charge is -2.09. The van der Waals surface area contributed by atoms with Crippen LogP contribution in [0.15, 0.2) is 12.1 Å². The van der Waals surface area contributed by atoms with Gasteiger partial charge in [0, 0.05) is 11.6 Å². The zero-order chi connectivity index (χ0) is 14.4. The van der Waals surface area contributed by atoms with E-state index in [2.05, 4.69) is 0 Å². The fourth-order valence-corrected chi connectivity index (χ4v) is 1.67. The van der Waals surface area contributed by atoms with Gasteiger partial charge in [0.05, 0.1) is 24.6 Å². The fraction of sp³-hybridized carbons (Fsp3) is 0.333. The number of nitro benzene ring substituents is 1. The molecule has 0 aromatic heterocycles. The molecule has 100 valence electrons. The van der Waals surface area contributed by atoms with E-state index in [9.17, 15) is 20.0 Å². The Balaban J connectivity index is 3.25. The first-order valence-electron chi connectivity index (χ1n) is 5.50. The van der Waals surface area contributed by atoms with E-state index in [0.29, 0.717) is 5.56 Å². The van der Waals surface area contributed by atoms with Gasteiger partial charge in [-0.25, -0.2) is 0 Å². The number of carbonyl (C=O) groups is 1. The molecule has 0 unspecified atom stereocenters. The van der Waals surface area contributed by atoms with Crippen LogP contribution in [-0.4, -0.2) is 22.6 Å². The van der Waals surface area contributed by atoms with Crippen molar-refractivity contribution in [2.75, 3.05) is 6.61 Å². The zero-order valence-corrected chi connectivity index (χ0v) is 10.3. The van der Waals surface area contributed by atoms with Gasteiger partial charge in [0.15, 0.2) is 0 Å². The van der Waals surface area contributed by atoms with Gasteiger partial charge < -0.3 is 9.84 Å². The Kier molecular flexibility index (Phi) is 4.97. The third-order valence-electron chi connectivity index (χ3n) is 2.49. The molecule has 1 aromatic carbocycles. The fourth-order valence-electron chi connectivity index (χ4n) is 1.67. The third-order valence-corrected chi connectivity index (χ3v) is 2.49. The average molecular weight is 264 g/mol. The van der Waals surface area contributed by atoms with Crippen LogP contribution in [0.25, 0.3) is 0 Å². The first kappa shape index (κ1) is 14.6. The van der Waals surface area contributed by atoms with E-state index >= 15 is 0 Å². The summed E-state index contributed by atoms with van der Waals surface area (Å²) in [6.07, 6.45) is -0.142. The van der Waals surface area contributed by atoms with Crippen LogP contribution >= 0.6 is 0 Å². The van der Waals surface area contributed by atoms with Gasteiger partial charge in [-0.2, -0.15) is 5.26 Å². The quantitative estimate of drug-likeness (QED) is 0.483. The highest BCUT2D eigenvalue weighted by atomic mass is 16.6. The minimum atomic E-state index is -0.703. The number of ether oxygens (including phenoxy) is 1. The average Bonchev–Trinajstić information content (AvgIpc) is 2.37. The van der Waals surface area contributed by atoms with Crippen LogP contribution in [0, 0.1) is 21.4 Å². The second-order valence-electron chi connectivity index (χ2n) is 3.61. The molecule has 0 radical (unpaired) electrons. The van der Waals surface area contributed by atoms with Gasteiger partial charge in [-0.1, -0.05) is 6.07 Å². The highest BCUT2D eigenvalue weighted by Gasteiger charge is 2.21. The maximum atomic E-state index is 11.4. The van der Waals surface area contributed by atoms with Crippen molar-refractivity contribution in [3.63, 3.8) is 0 Å². The maximum absolute atomic E-state index is 11.4. The van der Waals surface area contributed by atoms with E-state index in [4.69, 9.17) is 10.00 Å². The lowest BCUT2D eigenvalue weighted by molar-refractivity contribution is -0.385. The first-order valence-corrected chi connectivity index (χ1v) is 5.50. The van der Waals surface area contributed by atoms with Gasteiger partial charge in [-0.15, -0.1) is 0 Å². The van der Waals surface area contributed by atoms with E-state index in [0.717, 1.165) is 6.07 Å². The van der Waals surface area contributed by atoms with Crippen molar-refractivity contribution in [3.8, 4) is 6.07 Å². The van der Waals surface area contributed by atoms with Crippen LogP contribution in [0.1, 0.15) is 23.6 Å². The van der Waals surface area contributed by atoms with Crippen molar-refractivity contribution in [1.82, 2.24) is 0 Å². The molecule has 0 atom stereocenters. The molecular weight excluding hydrogens is 252 g/mol. The number of benzene rings is 1. The molecule has 0 amide bonds. The Hall–Kier alpha value is -2.46. The summed E-state index contributed by atoms with van der Waals surface area (Å²) in [7, 11) is 0. The molecule has 1 rings (SSSR count). The summed E-state index contributed by atoms with van der Waals surface area (Å²) in [5, 5.41) is 29.0. The minimum absolute atomic E-state index is 0.0877. The number of esters is 1. The predicted molar refractivity (Wildman–Crippen MR) is 64.1 cm³/mol. The van der Waals surface area contributed by atoms with E-state index in [-0.39, 0.29) is 29.8 Å². The standard InChI is InChI=1S/C12H12N2O5/c1-2-19-12(16)5-8-3-4-11(14(17)18)9(6-13)10(8)7-15/h3-4,15H,2,5,7H2,1H3. The second kappa shape index (κ2) is 6.47. The van der Waals surface area contributed by atoms with Crippen molar-refractivity contribution >= 4 is 11.7 Å². The summed E-state index contributed by atoms with van der Waals surface area (Å²) in [5.41, 5.74) is -0.179. The largest absolute Gasteiger partial charge is 0.466 e. The summed E-state index contributed by atoms with van der Waals surface area (Å²) < 4.78 is 4.76. The summed E-state index contributed by atoms with van der Waals surface area (Å²) >= 11 is 0. The van der Waals surface area contributed by atoms with Crippen LogP contribution in [0.3, 0.4) is 0 Å². The molecule has 0 heterocycles. The van der Waals surface area contributed by atoms with E-state index in [1.165, 1.54) is 6.07 Å². The molecule has 1 N–H and O–H groups in total. The van der Waals surface area contributed by atoms with Gasteiger partial charge in [0.1, 0.15) is 11.6 Å². The molecule has 0 fully saturated rings. The highest BCUT2D eigenvalue weighted by Crippen LogP contribution is 2.25. The number of carbonyl (C=O) groups excluding carboxylic acids is 1. The Morgan fingerprint density at radius 3 is 2.74 bits per heavy atom. The monoisotopic (exact) mass is 264 g/mol. The van der Waals surface area contributed by atoms with Crippen molar-refractivity contribution in [2.24, 2.45) is 0 Å². The molecule has 0 saturated heterocycles. The minimum Gasteiger partial charge on any atom is -0.466 e. The lowest BCUT2D eigenvalue weighted by atomic mass is 9.98. The first-order chi connectivity index (χ1) is 9.04. The molecule has 0 aliphatic rings. The van der Waals surface area contributed by atoms with Gasteiger partial charge in [0.25, 0.3) is 5.69 Å². The number of aliphatic hydroxyl groups is 1. The predicted octanol–water partition coefficient (Wildman–Crippen LogP) is 1.06. The topological polar surface area (TPSA) is 113 Å². The van der Waals surface area contributed by atoms with Crippen LogP contribution in [-0.2, 0) is 22.6 Å². The van der Waals surface area contributed by atoms with Gasteiger partial charge in [0.2, 0.25) is 0 Å². The van der Waals surface area contributed by atoms with E-state index < -0.39 is 17.5 Å². The Labute approximate surface area is 109 Å². The molecule has 0 bridgehead atoms. The molecular formula is C12H12N2O5. The van der Waals surface area contributed by atoms with Gasteiger partial charge in [-0.05, 0) is 12.5 Å². The summed E-state index contributed by atoms with van der Waals surface area (Å²) in [5.74, 6) is -0.519. The Bertz CT molecular complexity index is 548. The van der Waals surface area contributed by atoms with Crippen molar-refractivity contribution in [2.45, 2.75) is 20.0 Å². The van der Waals surface area contributed by atoms with E-state index in [1.54, 1.807) is 13.0 Å². The van der Waals surface area contributed by atoms with Crippen LogP contribution in [0.2, 0.25) is 0 Å². The number of rotatable bonds is 5. The summed E-state index contributed by atoms with van der Waals surface area (Å²) in [6.45, 7) is 1.31. The van der Waals surface area contributed by atoms with Gasteiger partial charge >= 0.3 is 5.97 Å². The normalized spacial score (nSPS) is 9.74. The Morgan fingerprint density at radius 1 is 1.58 bits per heavy atom. The number of nitriles is 1. The molecule has 0 aliphatic carbocycles. The smallest absolute Gasteiger partial charge is 0.310 e. The van der Waals surface area contributed by atoms with Crippen LogP contribution in [0.5, 0.6) is 0 Å². The molecule has 0 spiro atoms. The lowest BCUT2D eigenvalue weighted by Crippen LogP contribution is -2.11. The highest BCUT2D eigenvalue weighted by molar-refractivity contribution is 5.74. The zero-order valence-electron chi connectivity index (χ0n) is 10.3. The maximum Gasteiger partial charge on any atom is 0.310 e. The second-order valence-corrected chi connectivity index (χ2v) is 3.61. The molecule has 7 nitrogen and oxygen atoms in total. The number of aliphatic hydroxyl groups excluding tert-OH is 1. The van der Waals surface area contributed by atoms with E-state index in [1.807, 2.05) is 0 Å². The summed E-state index contributed by atoms with van der Waals surface area (Å²) in [4.78, 5) is 21.4. The van der Waals surface area contributed by atoms with Crippen LogP contribution in [0.4, 0.5) is 5.69 Å². The van der Waals surface area contributed by atoms with Crippen molar-refractivity contribution in [3.05, 3.63) is 38.9 Å². The Morgan fingerprint density at radius 2 is 2.26 bits per heavy atom. The number of nitrogens with zero attached hydrogens (tertiary/aromatic N) is 2. The van der Waals surface area contributed by atoms with Crippen molar-refractivity contribution in [1.29, 1.82) is 5.26 Å². The summed E-state index contributed by atoms with van der Waals surface area (Å²) in [6, 6.07) is 4.18. The SMILES string of the molecule is CCOC(=O)Cc1ccc([N+](=O)[O-])c(C#N)c1CO. The molecule has 0 saturated carbocycles. The van der Waals surface area contributed by atoms with Crippen molar-refractivity contribution < 1.29 is 19.6 Å². The number of nitro groups is 1. The molecule has 19 heavy (non-hydrogen) atoms.